The van der Waals surface area contributed by atoms with Gasteiger partial charge in [0.2, 0.25) is 0 Å². The van der Waals surface area contributed by atoms with Gasteiger partial charge < -0.3 is 0 Å². The first-order valence-electron chi connectivity index (χ1n) is 15.7. The van der Waals surface area contributed by atoms with Crippen LogP contribution in [0.1, 0.15) is 48.8 Å². The molecule has 8 nitrogen and oxygen atoms in total. The summed E-state index contributed by atoms with van der Waals surface area (Å²) in [6.07, 6.45) is 0. The molecule has 0 radical (unpaired) electrons. The largest absolute Gasteiger partial charge is 0.0723 e. The first-order chi connectivity index (χ1) is 22.0. The molecule has 0 saturated heterocycles. The van der Waals surface area contributed by atoms with Crippen molar-refractivity contribution in [2.45, 2.75) is 68.5 Å². The number of allylic oxidation sites excluding steroid dienone is 4. The summed E-state index contributed by atoms with van der Waals surface area (Å²) in [5.41, 5.74) is 5.21. The molecule has 4 rings (SSSR count). The van der Waals surface area contributed by atoms with E-state index in [4.69, 9.17) is 18.9 Å². The van der Waals surface area contributed by atoms with Gasteiger partial charge in [-0.1, -0.05) is 23.5 Å². The minimum atomic E-state index is 0.595. The molecule has 0 amide bonds. The van der Waals surface area contributed by atoms with E-state index in [9.17, 15) is 0 Å². The third kappa shape index (κ3) is 9.88. The Labute approximate surface area is 306 Å². The zero-order valence-corrected chi connectivity index (χ0v) is 35.0. The zero-order valence-electron chi connectivity index (χ0n) is 28.4. The van der Waals surface area contributed by atoms with Gasteiger partial charge in [-0.2, -0.15) is 0 Å². The summed E-state index contributed by atoms with van der Waals surface area (Å²) >= 11 is 13.6. The molecule has 2 aliphatic heterocycles. The molecule has 0 aliphatic carbocycles. The van der Waals surface area contributed by atoms with Gasteiger partial charge in [-0.3, -0.25) is 0 Å². The first kappa shape index (κ1) is 38.5. The molecule has 0 aromatic carbocycles. The summed E-state index contributed by atoms with van der Waals surface area (Å²) in [6, 6.07) is 0. The number of hydrogen-bond donors (Lipinski definition) is 0. The number of aromatic nitrogens is 2. The van der Waals surface area contributed by atoms with Crippen LogP contribution in [0.15, 0.2) is 31.3 Å². The molecule has 46 heavy (non-hydrogen) atoms. The molecule has 0 saturated carbocycles. The van der Waals surface area contributed by atoms with Crippen molar-refractivity contribution in [2.75, 3.05) is 65.9 Å². The van der Waals surface area contributed by atoms with Crippen molar-refractivity contribution in [2.24, 2.45) is 0 Å². The molecular formula is C32H48N4O4S4Se2. The molecule has 256 valence electrons. The zero-order chi connectivity index (χ0) is 33.4. The van der Waals surface area contributed by atoms with E-state index in [2.05, 4.69) is 105 Å². The fraction of sp³-hybridized carbons (Fsp3) is 0.625. The van der Waals surface area contributed by atoms with Crippen LogP contribution >= 0.6 is 46.2 Å². The van der Waals surface area contributed by atoms with Crippen molar-refractivity contribution < 1.29 is 18.9 Å². The van der Waals surface area contributed by atoms with Crippen LogP contribution in [0.4, 0.5) is 0 Å². The second-order valence-electron chi connectivity index (χ2n) is 11.2. The predicted molar refractivity (Wildman–Crippen MR) is 197 cm³/mol. The molecule has 0 atom stereocenters. The van der Waals surface area contributed by atoms with E-state index in [1.54, 1.807) is 22.7 Å². The van der Waals surface area contributed by atoms with Crippen molar-refractivity contribution in [1.29, 1.82) is 0 Å². The molecule has 14 heteroatoms. The molecule has 0 fully saturated rings. The van der Waals surface area contributed by atoms with E-state index in [-0.39, 0.29) is 0 Å². The van der Waals surface area contributed by atoms with Crippen LogP contribution in [0, 0.1) is 34.7 Å². The molecule has 0 spiro atoms. The summed E-state index contributed by atoms with van der Waals surface area (Å²) in [6.45, 7) is 25.9. The van der Waals surface area contributed by atoms with Crippen LogP contribution in [0.25, 0.3) is 0 Å². The predicted octanol–water partition coefficient (Wildman–Crippen LogP) is 6.54. The van der Waals surface area contributed by atoms with E-state index < -0.39 is 0 Å². The van der Waals surface area contributed by atoms with E-state index in [0.29, 0.717) is 52.9 Å². The van der Waals surface area contributed by atoms with E-state index >= 15 is 0 Å². The van der Waals surface area contributed by atoms with E-state index in [1.807, 2.05) is 23.5 Å². The Kier molecular flexibility index (Phi) is 15.5. The minimum absolute atomic E-state index is 0.595. The van der Waals surface area contributed by atoms with Gasteiger partial charge >= 0.3 is 248 Å². The standard InChI is InChI=1S/C32H48N4O4S4Se2/c1-21-25(5)41-29(33(21)9-13-37-17-19-39-15-11-35-23(3)27(7)43-31(35)45)30-34(22(2)26(6)42-30)10-14-38-18-20-40-16-12-36-24(4)28(8)44-32(36)46/h9-20H2,1-8H3/b30-29+. The molecule has 0 bridgehead atoms. The van der Waals surface area contributed by atoms with E-state index in [1.165, 1.54) is 59.4 Å². The Hall–Kier alpha value is -0.341. The number of aryl methyl sites for hydroxylation is 2. The van der Waals surface area contributed by atoms with Crippen LogP contribution in [0.3, 0.4) is 0 Å². The Balaban J connectivity index is 1.19. The number of thioether (sulfide) groups is 2. The molecular weight excluding hydrogens is 791 g/mol. The Morgan fingerprint density at radius 2 is 0.804 bits per heavy atom. The fourth-order valence-corrected chi connectivity index (χ4v) is 11.7. The molecule has 2 aromatic heterocycles. The number of hydrogen-bond acceptors (Lipinski definition) is 10. The number of ether oxygens (including phenoxy) is 4. The van der Waals surface area contributed by atoms with Crippen molar-refractivity contribution in [1.82, 2.24) is 18.9 Å². The second kappa shape index (κ2) is 18.6. The first-order valence-corrected chi connectivity index (χ1v) is 20.6. The SMILES string of the molecule is CC1=C(C)N(CCOCCOCCn2c(C)c(C)sc2=[Se])/C(=C2\SC(C)=C(C)N2CCOCCOCCn2c(C)c(C)sc2=[Se])S1. The van der Waals surface area contributed by atoms with Crippen molar-refractivity contribution in [3.63, 3.8) is 0 Å². The van der Waals surface area contributed by atoms with Crippen LogP contribution in [-0.2, 0) is 32.0 Å². The van der Waals surface area contributed by atoms with Gasteiger partial charge in [0.1, 0.15) is 0 Å². The van der Waals surface area contributed by atoms with Crippen molar-refractivity contribution in [3.8, 4) is 0 Å². The van der Waals surface area contributed by atoms with Crippen LogP contribution in [0.2, 0.25) is 0 Å². The summed E-state index contributed by atoms with van der Waals surface area (Å²) in [5.74, 6) is 0. The van der Waals surface area contributed by atoms with Gasteiger partial charge in [0.25, 0.3) is 0 Å². The van der Waals surface area contributed by atoms with Gasteiger partial charge in [-0.05, 0) is 27.7 Å². The molecule has 2 aliphatic rings. The summed E-state index contributed by atoms with van der Waals surface area (Å²) < 4.78 is 30.8. The van der Waals surface area contributed by atoms with Gasteiger partial charge in [0, 0.05) is 9.81 Å². The fourth-order valence-electron chi connectivity index (χ4n) is 5.05. The Morgan fingerprint density at radius 3 is 1.11 bits per heavy atom. The molecule has 2 aromatic rings. The maximum Gasteiger partial charge on any atom is -0.0723 e. The van der Waals surface area contributed by atoms with E-state index in [0.717, 1.165) is 26.2 Å². The van der Waals surface area contributed by atoms with Gasteiger partial charge in [0.05, 0.1) is 0 Å². The normalized spacial score (nSPS) is 17.1. The Bertz CT molecular complexity index is 1460. The van der Waals surface area contributed by atoms with Gasteiger partial charge in [0.15, 0.2) is 0 Å². The Morgan fingerprint density at radius 1 is 0.478 bits per heavy atom. The molecule has 0 N–H and O–H groups in total. The van der Waals surface area contributed by atoms with Crippen molar-refractivity contribution in [3.05, 3.63) is 59.4 Å². The minimum Gasteiger partial charge on any atom is -0.0723 e. The molecule has 4 heterocycles. The molecule has 0 unspecified atom stereocenters. The van der Waals surface area contributed by atoms with Crippen molar-refractivity contribution >= 4 is 77.3 Å². The third-order valence-electron chi connectivity index (χ3n) is 8.33. The van der Waals surface area contributed by atoms with Gasteiger partial charge in [-0.15, -0.1) is 0 Å². The number of nitrogens with zero attached hydrogens (tertiary/aromatic N) is 4. The summed E-state index contributed by atoms with van der Waals surface area (Å²) in [5, 5.41) is 2.57. The number of thiazole rings is 2. The van der Waals surface area contributed by atoms with Gasteiger partial charge in [-0.25, -0.2) is 0 Å². The monoisotopic (exact) mass is 840 g/mol. The van der Waals surface area contributed by atoms with Crippen LogP contribution < -0.4 is 0 Å². The third-order valence-corrected chi connectivity index (χ3v) is 14.8. The topological polar surface area (TPSA) is 53.3 Å². The second-order valence-corrected chi connectivity index (χ2v) is 18.8. The van der Waals surface area contributed by atoms with Crippen LogP contribution in [-0.4, -0.2) is 116 Å². The maximum atomic E-state index is 6.02. The number of rotatable bonds is 18. The van der Waals surface area contributed by atoms with Crippen LogP contribution in [0.5, 0.6) is 0 Å². The average Bonchev–Trinajstić information content (AvgIpc) is 3.64. The summed E-state index contributed by atoms with van der Waals surface area (Å²) in [7, 11) is 0. The average molecular weight is 839 g/mol. The smallest absolute Gasteiger partial charge is 0.0723 e. The quantitative estimate of drug-likeness (QED) is 0.124. The summed E-state index contributed by atoms with van der Waals surface area (Å²) in [4.78, 5) is 10.2. The maximum absolute atomic E-state index is 6.02.